The molecule has 3 heterocycles. The number of hydrogen-bond acceptors (Lipinski definition) is 7. The highest BCUT2D eigenvalue weighted by molar-refractivity contribution is 6.03. The summed E-state index contributed by atoms with van der Waals surface area (Å²) in [4.78, 5) is 25.5. The number of aromatic nitrogens is 3. The van der Waals surface area contributed by atoms with Crippen LogP contribution in [0.15, 0.2) is 79.0 Å². The van der Waals surface area contributed by atoms with E-state index in [9.17, 15) is 4.79 Å². The molecule has 39 heavy (non-hydrogen) atoms. The number of nitrogens with one attached hydrogen (secondary N) is 2. The van der Waals surface area contributed by atoms with Crippen molar-refractivity contribution in [1.82, 2.24) is 25.6 Å². The largest absolute Gasteiger partial charge is 0.321 e. The summed E-state index contributed by atoms with van der Waals surface area (Å²) in [6.45, 7) is 7.20. The van der Waals surface area contributed by atoms with E-state index in [0.29, 0.717) is 24.0 Å². The predicted molar refractivity (Wildman–Crippen MR) is 153 cm³/mol. The molecular weight excluding hydrogens is 488 g/mol. The molecule has 4 aromatic rings. The fourth-order valence-corrected chi connectivity index (χ4v) is 4.87. The van der Waals surface area contributed by atoms with Crippen LogP contribution >= 0.6 is 0 Å². The van der Waals surface area contributed by atoms with Crippen molar-refractivity contribution in [2.75, 3.05) is 25.0 Å². The maximum Gasteiger partial charge on any atom is 0.274 e. The summed E-state index contributed by atoms with van der Waals surface area (Å²) >= 11 is 0. The van der Waals surface area contributed by atoms with Crippen LogP contribution in [0.4, 0.5) is 5.69 Å². The van der Waals surface area contributed by atoms with Crippen LogP contribution in [0.5, 0.6) is 0 Å². The van der Waals surface area contributed by atoms with Gasteiger partial charge in [0, 0.05) is 36.6 Å². The molecule has 2 aromatic carbocycles. The van der Waals surface area contributed by atoms with Gasteiger partial charge in [0.1, 0.15) is 5.69 Å². The Morgan fingerprint density at radius 2 is 1.87 bits per heavy atom. The standard InChI is InChI=1S/C31H34N6O2/c1-3-39-36-27-10-7-15-37(21-27)20-23-16-26(29-12-11-22(2)34-35-29)18-28(17-23)33-31(38)30-19-25(13-14-32-30)24-8-5-4-6-9-24/h4-6,8-9,11-14,16-19,27,36H,3,7,10,15,20-21H2,1-2H3,(H,33,38). The van der Waals surface area contributed by atoms with Gasteiger partial charge in [0.25, 0.3) is 5.91 Å². The number of amides is 1. The van der Waals surface area contributed by atoms with Crippen LogP contribution in [0.2, 0.25) is 0 Å². The molecule has 2 N–H and O–H groups in total. The van der Waals surface area contributed by atoms with Crippen LogP contribution in [-0.4, -0.2) is 51.7 Å². The van der Waals surface area contributed by atoms with Crippen molar-refractivity contribution >= 4 is 11.6 Å². The van der Waals surface area contributed by atoms with Gasteiger partial charge in [0.05, 0.1) is 18.0 Å². The Kier molecular flexibility index (Phi) is 8.68. The molecule has 1 amide bonds. The lowest BCUT2D eigenvalue weighted by Gasteiger charge is -2.33. The lowest BCUT2D eigenvalue weighted by Crippen LogP contribution is -2.45. The SMILES string of the molecule is CCONC1CCCN(Cc2cc(NC(=O)c3cc(-c4ccccc4)ccn3)cc(-c3ccc(C)nn3)c2)C1. The maximum atomic E-state index is 13.3. The summed E-state index contributed by atoms with van der Waals surface area (Å²) in [7, 11) is 0. The normalized spacial score (nSPS) is 15.7. The highest BCUT2D eigenvalue weighted by atomic mass is 16.6. The van der Waals surface area contributed by atoms with E-state index >= 15 is 0 Å². The number of carbonyl (C=O) groups excluding carboxylic acids is 1. The van der Waals surface area contributed by atoms with Crippen molar-refractivity contribution in [2.24, 2.45) is 0 Å². The number of aryl methyl sites for hydroxylation is 1. The van der Waals surface area contributed by atoms with E-state index in [2.05, 4.69) is 36.9 Å². The van der Waals surface area contributed by atoms with Gasteiger partial charge in [-0.25, -0.2) is 0 Å². The van der Waals surface area contributed by atoms with Crippen molar-refractivity contribution in [2.45, 2.75) is 39.3 Å². The Hall–Kier alpha value is -3.98. The number of pyridine rings is 1. The van der Waals surface area contributed by atoms with Crippen LogP contribution in [0, 0.1) is 6.92 Å². The molecule has 0 radical (unpaired) electrons. The first-order chi connectivity index (χ1) is 19.1. The number of piperidine rings is 1. The number of hydrogen-bond donors (Lipinski definition) is 2. The second-order valence-corrected chi connectivity index (χ2v) is 9.85. The number of carbonyl (C=O) groups is 1. The van der Waals surface area contributed by atoms with Gasteiger partial charge < -0.3 is 10.2 Å². The number of hydroxylamine groups is 1. The number of anilines is 1. The Balaban J connectivity index is 1.39. The Morgan fingerprint density at radius 1 is 1.00 bits per heavy atom. The lowest BCUT2D eigenvalue weighted by molar-refractivity contribution is 0.00166. The zero-order valence-corrected chi connectivity index (χ0v) is 22.4. The van der Waals surface area contributed by atoms with Gasteiger partial charge >= 0.3 is 0 Å². The molecule has 0 bridgehead atoms. The first-order valence-electron chi connectivity index (χ1n) is 13.4. The summed E-state index contributed by atoms with van der Waals surface area (Å²) in [5, 5.41) is 11.7. The average Bonchev–Trinajstić information content (AvgIpc) is 2.97. The summed E-state index contributed by atoms with van der Waals surface area (Å²) in [6.07, 6.45) is 3.86. The number of nitrogens with zero attached hydrogens (tertiary/aromatic N) is 4. The molecule has 0 spiro atoms. The fourth-order valence-electron chi connectivity index (χ4n) is 4.87. The molecule has 1 atom stereocenters. The minimum atomic E-state index is -0.259. The quantitative estimate of drug-likeness (QED) is 0.289. The van der Waals surface area contributed by atoms with Gasteiger partial charge in [0.2, 0.25) is 0 Å². The molecule has 8 nitrogen and oxygen atoms in total. The predicted octanol–water partition coefficient (Wildman–Crippen LogP) is 5.27. The molecule has 1 fully saturated rings. The molecule has 1 aliphatic heterocycles. The van der Waals surface area contributed by atoms with Gasteiger partial charge in [-0.3, -0.25) is 14.7 Å². The van der Waals surface area contributed by atoms with Crippen molar-refractivity contribution < 1.29 is 9.63 Å². The molecule has 1 unspecified atom stereocenters. The third-order valence-electron chi connectivity index (χ3n) is 6.75. The first kappa shape index (κ1) is 26.6. The molecule has 200 valence electrons. The van der Waals surface area contributed by atoms with Crippen LogP contribution < -0.4 is 10.8 Å². The van der Waals surface area contributed by atoms with E-state index in [1.54, 1.807) is 6.20 Å². The number of rotatable bonds is 9. The highest BCUT2D eigenvalue weighted by Gasteiger charge is 2.21. The molecule has 8 heteroatoms. The number of likely N-dealkylation sites (tertiary alicyclic amines) is 1. The first-order valence-corrected chi connectivity index (χ1v) is 13.4. The van der Waals surface area contributed by atoms with E-state index in [0.717, 1.165) is 66.1 Å². The van der Waals surface area contributed by atoms with Crippen LogP contribution in [0.25, 0.3) is 22.4 Å². The summed E-state index contributed by atoms with van der Waals surface area (Å²) in [5.41, 5.74) is 9.83. The maximum absolute atomic E-state index is 13.3. The smallest absolute Gasteiger partial charge is 0.274 e. The Labute approximate surface area is 229 Å². The van der Waals surface area contributed by atoms with E-state index in [1.807, 2.05) is 80.6 Å². The molecule has 5 rings (SSSR count). The Morgan fingerprint density at radius 3 is 2.67 bits per heavy atom. The summed E-state index contributed by atoms with van der Waals surface area (Å²) < 4.78 is 0. The highest BCUT2D eigenvalue weighted by Crippen LogP contribution is 2.26. The van der Waals surface area contributed by atoms with Crippen LogP contribution in [0.3, 0.4) is 0 Å². The zero-order chi connectivity index (χ0) is 27.0. The molecule has 1 aliphatic rings. The third-order valence-corrected chi connectivity index (χ3v) is 6.75. The van der Waals surface area contributed by atoms with E-state index in [1.165, 1.54) is 0 Å². The van der Waals surface area contributed by atoms with E-state index in [-0.39, 0.29) is 5.91 Å². The van der Waals surface area contributed by atoms with Gasteiger partial charge in [-0.15, -0.1) is 0 Å². The van der Waals surface area contributed by atoms with Crippen molar-refractivity contribution in [3.8, 4) is 22.4 Å². The molecular formula is C31H34N6O2. The summed E-state index contributed by atoms with van der Waals surface area (Å²) in [5.74, 6) is -0.259. The topological polar surface area (TPSA) is 92.3 Å². The number of benzene rings is 2. The van der Waals surface area contributed by atoms with E-state index in [4.69, 9.17) is 4.84 Å². The average molecular weight is 523 g/mol. The third kappa shape index (κ3) is 7.11. The minimum absolute atomic E-state index is 0.259. The second-order valence-electron chi connectivity index (χ2n) is 9.85. The van der Waals surface area contributed by atoms with Gasteiger partial charge in [-0.05, 0) is 92.4 Å². The summed E-state index contributed by atoms with van der Waals surface area (Å²) in [6, 6.07) is 24.0. The van der Waals surface area contributed by atoms with Gasteiger partial charge in [0.15, 0.2) is 0 Å². The van der Waals surface area contributed by atoms with Crippen molar-refractivity contribution in [1.29, 1.82) is 0 Å². The monoisotopic (exact) mass is 522 g/mol. The van der Waals surface area contributed by atoms with Crippen LogP contribution in [-0.2, 0) is 11.4 Å². The van der Waals surface area contributed by atoms with Crippen molar-refractivity contribution in [3.63, 3.8) is 0 Å². The molecule has 0 aliphatic carbocycles. The Bertz CT molecular complexity index is 1390. The van der Waals surface area contributed by atoms with Crippen LogP contribution in [0.1, 0.15) is 41.5 Å². The fraction of sp³-hybridized carbons (Fsp3) is 0.290. The molecule has 0 saturated carbocycles. The van der Waals surface area contributed by atoms with Gasteiger partial charge in [-0.2, -0.15) is 15.7 Å². The second kappa shape index (κ2) is 12.7. The lowest BCUT2D eigenvalue weighted by atomic mass is 10.0. The molecule has 1 saturated heterocycles. The van der Waals surface area contributed by atoms with Gasteiger partial charge in [-0.1, -0.05) is 30.3 Å². The minimum Gasteiger partial charge on any atom is -0.321 e. The molecule has 2 aromatic heterocycles. The zero-order valence-electron chi connectivity index (χ0n) is 22.4. The van der Waals surface area contributed by atoms with E-state index < -0.39 is 0 Å². The van der Waals surface area contributed by atoms with Crippen molar-refractivity contribution in [3.05, 3.63) is 95.9 Å².